The van der Waals surface area contributed by atoms with Gasteiger partial charge >= 0.3 is 23.9 Å². The molecular weight excluding hydrogens is 881 g/mol. The van der Waals surface area contributed by atoms with E-state index in [1.165, 1.54) is 72.8 Å². The number of hydrogen-bond acceptors (Lipinski definition) is 10. The number of carboxylic acids is 4. The van der Waals surface area contributed by atoms with Crippen LogP contribution in [0.1, 0.15) is 89.5 Å². The smallest absolute Gasteiger partial charge is 0.326 e. The molecule has 0 aliphatic carbocycles. The summed E-state index contributed by atoms with van der Waals surface area (Å²) in [5.74, 6) is -9.84. The Bertz CT molecular complexity index is 2570. The molecule has 5 rings (SSSR count). The minimum absolute atomic E-state index is 0.0672. The fourth-order valence-electron chi connectivity index (χ4n) is 7.17. The lowest BCUT2D eigenvalue weighted by atomic mass is 9.95. The SMILES string of the molecule is CCC(C)C(NC(=O)c1cc(Cc2cc(C(=O)NC(Cc3ccc(O)cc3)C(=O)O)cc(C(=O)NC(Cc3ccc(O)cc3)C(=O)O)c2)cc(C(=O)NC(Cc2ccccc2)C(=O)O)c1)C(=O)O. The first kappa shape index (κ1) is 50.5. The monoisotopic (exact) mass is 930 g/mol. The lowest BCUT2D eigenvalue weighted by molar-refractivity contribution is -0.141. The maximum absolute atomic E-state index is 13.9. The summed E-state index contributed by atoms with van der Waals surface area (Å²) in [7, 11) is 0. The number of carboxylic acid groups (broad SMARTS) is 4. The van der Waals surface area contributed by atoms with Crippen LogP contribution in [0, 0.1) is 5.92 Å². The molecule has 354 valence electrons. The Hall–Kier alpha value is -8.54. The Morgan fingerprint density at radius 2 is 0.750 bits per heavy atom. The number of hydrogen-bond donors (Lipinski definition) is 10. The second-order valence-corrected chi connectivity index (χ2v) is 16.2. The lowest BCUT2D eigenvalue weighted by Gasteiger charge is -2.21. The number of carbonyl (C=O) groups excluding carboxylic acids is 4. The zero-order valence-corrected chi connectivity index (χ0v) is 36.8. The highest BCUT2D eigenvalue weighted by Crippen LogP contribution is 2.21. The standard InChI is InChI=1S/C50H50N4O14/c1-3-27(2)42(50(67)68)54-46(60)36-21-32(20-35(26-36)45(59)51-39(47(61)62)22-28-7-5-4-6-8-28)17-31-18-33(43(57)52-40(48(63)64)23-29-9-13-37(55)14-10-29)25-34(19-31)44(58)53-41(49(65)66)24-30-11-15-38(56)16-12-30/h4-16,18-21,25-27,39-42,55-56H,3,17,22-24H2,1-2H3,(H,51,59)(H,52,57)(H,53,58)(H,54,60)(H,61,62)(H,63,64)(H,65,66)(H,67,68). The van der Waals surface area contributed by atoms with Crippen LogP contribution in [-0.4, -0.2) is 102 Å². The van der Waals surface area contributed by atoms with Gasteiger partial charge in [-0.05, 0) is 101 Å². The molecule has 0 saturated carbocycles. The summed E-state index contributed by atoms with van der Waals surface area (Å²) in [4.78, 5) is 105. The van der Waals surface area contributed by atoms with E-state index in [9.17, 15) is 69.0 Å². The lowest BCUT2D eigenvalue weighted by Crippen LogP contribution is -2.45. The van der Waals surface area contributed by atoms with Gasteiger partial charge in [-0.3, -0.25) is 19.2 Å². The molecule has 0 bridgehead atoms. The first-order valence-electron chi connectivity index (χ1n) is 21.3. The van der Waals surface area contributed by atoms with Gasteiger partial charge in [0, 0.05) is 41.5 Å². The van der Waals surface area contributed by atoms with Crippen LogP contribution >= 0.6 is 0 Å². The molecule has 0 aromatic heterocycles. The van der Waals surface area contributed by atoms with Crippen LogP contribution in [0.25, 0.3) is 0 Å². The van der Waals surface area contributed by atoms with Crippen LogP contribution in [0.2, 0.25) is 0 Å². The van der Waals surface area contributed by atoms with Gasteiger partial charge < -0.3 is 51.9 Å². The Morgan fingerprint density at radius 3 is 1.06 bits per heavy atom. The van der Waals surface area contributed by atoms with E-state index in [0.717, 1.165) is 12.1 Å². The molecule has 0 radical (unpaired) electrons. The van der Waals surface area contributed by atoms with Crippen molar-refractivity contribution in [1.29, 1.82) is 0 Å². The van der Waals surface area contributed by atoms with E-state index < -0.39 is 77.6 Å². The number of phenols is 2. The summed E-state index contributed by atoms with van der Waals surface area (Å²) in [6, 6.07) is 21.6. The average molecular weight is 931 g/mol. The van der Waals surface area contributed by atoms with Crippen LogP contribution in [-0.2, 0) is 44.9 Å². The van der Waals surface area contributed by atoms with E-state index in [1.54, 1.807) is 44.2 Å². The fraction of sp³-hybridized carbons (Fsp3) is 0.240. The number of amides is 4. The second-order valence-electron chi connectivity index (χ2n) is 16.2. The molecule has 5 unspecified atom stereocenters. The number of nitrogens with one attached hydrogen (secondary N) is 4. The summed E-state index contributed by atoms with van der Waals surface area (Å²) < 4.78 is 0. The summed E-state index contributed by atoms with van der Waals surface area (Å²) in [5.41, 5.74) is 0.974. The zero-order valence-electron chi connectivity index (χ0n) is 36.8. The van der Waals surface area contributed by atoms with Gasteiger partial charge in [0.15, 0.2) is 0 Å². The number of benzene rings is 5. The Morgan fingerprint density at radius 1 is 0.426 bits per heavy atom. The molecular formula is C50H50N4O14. The topological polar surface area (TPSA) is 306 Å². The highest BCUT2D eigenvalue weighted by molar-refractivity contribution is 6.03. The molecule has 0 saturated heterocycles. The van der Waals surface area contributed by atoms with Crippen molar-refractivity contribution in [3.63, 3.8) is 0 Å². The summed E-state index contributed by atoms with van der Waals surface area (Å²) in [5, 5.41) is 69.3. The van der Waals surface area contributed by atoms with E-state index >= 15 is 0 Å². The fourth-order valence-corrected chi connectivity index (χ4v) is 7.17. The zero-order chi connectivity index (χ0) is 49.7. The third-order valence-corrected chi connectivity index (χ3v) is 11.1. The molecule has 4 amide bonds. The van der Waals surface area contributed by atoms with E-state index in [0.29, 0.717) is 23.1 Å². The summed E-state index contributed by atoms with van der Waals surface area (Å²) in [6.07, 6.45) is -0.385. The molecule has 5 aromatic rings. The molecule has 18 nitrogen and oxygen atoms in total. The maximum Gasteiger partial charge on any atom is 0.326 e. The molecule has 0 heterocycles. The maximum atomic E-state index is 13.9. The Balaban J connectivity index is 1.57. The Labute approximate surface area is 389 Å². The molecule has 5 aromatic carbocycles. The van der Waals surface area contributed by atoms with Crippen LogP contribution < -0.4 is 21.3 Å². The van der Waals surface area contributed by atoms with Gasteiger partial charge in [-0.2, -0.15) is 0 Å². The van der Waals surface area contributed by atoms with Gasteiger partial charge in [0.1, 0.15) is 35.7 Å². The molecule has 68 heavy (non-hydrogen) atoms. The van der Waals surface area contributed by atoms with Crippen LogP contribution in [0.3, 0.4) is 0 Å². The minimum atomic E-state index is -1.51. The third kappa shape index (κ3) is 14.2. The average Bonchev–Trinajstić information content (AvgIpc) is 3.30. The van der Waals surface area contributed by atoms with Gasteiger partial charge in [-0.15, -0.1) is 0 Å². The van der Waals surface area contributed by atoms with Crippen LogP contribution in [0.5, 0.6) is 11.5 Å². The van der Waals surface area contributed by atoms with E-state index in [4.69, 9.17) is 0 Å². The number of rotatable bonds is 22. The number of aliphatic carboxylic acids is 4. The normalized spacial score (nSPS) is 13.1. The van der Waals surface area contributed by atoms with E-state index in [-0.39, 0.29) is 70.6 Å². The largest absolute Gasteiger partial charge is 0.508 e. The van der Waals surface area contributed by atoms with Crippen molar-refractivity contribution < 1.29 is 69.0 Å². The Kier molecular flexibility index (Phi) is 17.1. The molecule has 18 heteroatoms. The molecule has 0 aliphatic rings. The number of carbonyl (C=O) groups is 8. The minimum Gasteiger partial charge on any atom is -0.508 e. The van der Waals surface area contributed by atoms with Gasteiger partial charge in [-0.1, -0.05) is 74.9 Å². The van der Waals surface area contributed by atoms with Crippen LogP contribution in [0.15, 0.2) is 115 Å². The van der Waals surface area contributed by atoms with Crippen LogP contribution in [0.4, 0.5) is 0 Å². The van der Waals surface area contributed by atoms with Crippen molar-refractivity contribution in [2.75, 3.05) is 0 Å². The first-order valence-corrected chi connectivity index (χ1v) is 21.3. The van der Waals surface area contributed by atoms with Gasteiger partial charge in [0.05, 0.1) is 0 Å². The molecule has 10 N–H and O–H groups in total. The third-order valence-electron chi connectivity index (χ3n) is 11.1. The molecule has 0 spiro atoms. The summed E-state index contributed by atoms with van der Waals surface area (Å²) >= 11 is 0. The van der Waals surface area contributed by atoms with Gasteiger partial charge in [0.25, 0.3) is 23.6 Å². The molecule has 0 fully saturated rings. The molecule has 5 atom stereocenters. The quantitative estimate of drug-likeness (QED) is 0.0466. The van der Waals surface area contributed by atoms with Gasteiger partial charge in [-0.25, -0.2) is 19.2 Å². The highest BCUT2D eigenvalue weighted by Gasteiger charge is 2.29. The predicted octanol–water partition coefficient (Wildman–Crippen LogP) is 4.19. The van der Waals surface area contributed by atoms with E-state index in [1.807, 2.05) is 0 Å². The number of aromatic hydroxyl groups is 2. The predicted molar refractivity (Wildman–Crippen MR) is 244 cm³/mol. The van der Waals surface area contributed by atoms with Crippen molar-refractivity contribution in [1.82, 2.24) is 21.3 Å². The summed E-state index contributed by atoms with van der Waals surface area (Å²) in [6.45, 7) is 3.37. The van der Waals surface area contributed by atoms with Gasteiger partial charge in [0.2, 0.25) is 0 Å². The van der Waals surface area contributed by atoms with Crippen molar-refractivity contribution in [3.8, 4) is 11.5 Å². The van der Waals surface area contributed by atoms with Crippen molar-refractivity contribution in [2.24, 2.45) is 5.92 Å². The first-order chi connectivity index (χ1) is 32.3. The van der Waals surface area contributed by atoms with Crippen molar-refractivity contribution >= 4 is 47.5 Å². The highest BCUT2D eigenvalue weighted by atomic mass is 16.4. The second kappa shape index (κ2) is 23.1. The number of phenolic OH excluding ortho intramolecular Hbond substituents is 2. The van der Waals surface area contributed by atoms with Crippen molar-refractivity contribution in [3.05, 3.63) is 165 Å². The van der Waals surface area contributed by atoms with E-state index in [2.05, 4.69) is 21.3 Å². The van der Waals surface area contributed by atoms with Crippen molar-refractivity contribution in [2.45, 2.75) is 70.1 Å². The molecule has 0 aliphatic heterocycles.